The molecule has 0 bridgehead atoms. The molecule has 1 aliphatic carbocycles. The number of aromatic carboxylic acids is 1. The number of ether oxygens (including phenoxy) is 1. The number of carboxylic acids is 1. The van der Waals surface area contributed by atoms with Crippen molar-refractivity contribution in [1.82, 2.24) is 24.5 Å². The monoisotopic (exact) mass is 583 g/mol. The van der Waals surface area contributed by atoms with Gasteiger partial charge in [0.05, 0.1) is 29.3 Å². The van der Waals surface area contributed by atoms with Crippen LogP contribution >= 0.6 is 0 Å². The smallest absolute Gasteiger partial charge is 0.354 e. The van der Waals surface area contributed by atoms with E-state index in [1.807, 2.05) is 16.7 Å². The molecule has 0 aliphatic heterocycles. The number of hydrogen-bond donors (Lipinski definition) is 1. The standard InChI is InChI=1S/C31H27F2N7O3/c1-31(2,16-35)17-40-26(37-24-9-10-25(30(41)42)38-28(24)40)12-18-3-6-20(7-4-18)27-36-14-23(33)29(39-27)43-15-21-8-5-19(13-34)11-22(21)32/h5-6,8-11,14,18H,3-4,7,12,15,17H2,1-2H3,(H,41,42). The molecule has 4 aromatic rings. The average Bonchev–Trinajstić information content (AvgIpc) is 3.32. The van der Waals surface area contributed by atoms with E-state index in [-0.39, 0.29) is 35.2 Å². The van der Waals surface area contributed by atoms with Crippen LogP contribution < -0.4 is 4.74 Å². The number of halogens is 2. The second-order valence-electron chi connectivity index (χ2n) is 11.1. The summed E-state index contributed by atoms with van der Waals surface area (Å²) >= 11 is 0. The van der Waals surface area contributed by atoms with Gasteiger partial charge in [0.25, 0.3) is 5.88 Å². The van der Waals surface area contributed by atoms with Crippen molar-refractivity contribution in [2.24, 2.45) is 11.3 Å². The van der Waals surface area contributed by atoms with Gasteiger partial charge in [-0.25, -0.2) is 24.1 Å². The number of nitrogens with zero attached hydrogens (tertiary/aromatic N) is 7. The number of rotatable bonds is 9. The number of hydrogen-bond acceptors (Lipinski definition) is 8. The molecular weight excluding hydrogens is 556 g/mol. The Balaban J connectivity index is 1.32. The Labute approximate surface area is 245 Å². The van der Waals surface area contributed by atoms with Crippen LogP contribution in [0.4, 0.5) is 8.78 Å². The number of imidazole rings is 1. The van der Waals surface area contributed by atoms with Gasteiger partial charge in [-0.2, -0.15) is 19.9 Å². The second-order valence-corrected chi connectivity index (χ2v) is 11.1. The second kappa shape index (κ2) is 11.9. The Bertz CT molecular complexity index is 1840. The summed E-state index contributed by atoms with van der Waals surface area (Å²) in [4.78, 5) is 29.0. The van der Waals surface area contributed by atoms with Crippen LogP contribution in [0.1, 0.15) is 66.4 Å². The van der Waals surface area contributed by atoms with Crippen molar-refractivity contribution in [3.8, 4) is 18.0 Å². The molecule has 0 radical (unpaired) electrons. The van der Waals surface area contributed by atoms with E-state index in [1.54, 1.807) is 19.9 Å². The predicted octanol–water partition coefficient (Wildman–Crippen LogP) is 5.62. The summed E-state index contributed by atoms with van der Waals surface area (Å²) in [5, 5.41) is 28.0. The number of allylic oxidation sites excluding steroid dienone is 2. The van der Waals surface area contributed by atoms with Gasteiger partial charge in [-0.3, -0.25) is 0 Å². The molecule has 12 heteroatoms. The van der Waals surface area contributed by atoms with E-state index in [1.165, 1.54) is 18.2 Å². The lowest BCUT2D eigenvalue weighted by molar-refractivity contribution is 0.0691. The molecule has 1 atom stereocenters. The first-order chi connectivity index (χ1) is 20.6. The van der Waals surface area contributed by atoms with Crippen molar-refractivity contribution < 1.29 is 23.4 Å². The molecule has 1 unspecified atom stereocenters. The van der Waals surface area contributed by atoms with Gasteiger partial charge in [0, 0.05) is 18.5 Å². The number of carbonyl (C=O) groups is 1. The molecule has 1 N–H and O–H groups in total. The molecule has 0 fully saturated rings. The summed E-state index contributed by atoms with van der Waals surface area (Å²) in [5.41, 5.74) is 1.34. The zero-order valence-electron chi connectivity index (χ0n) is 23.5. The Kier molecular flexibility index (Phi) is 8.13. The van der Waals surface area contributed by atoms with E-state index in [0.29, 0.717) is 42.8 Å². The van der Waals surface area contributed by atoms with E-state index in [2.05, 4.69) is 21.0 Å². The maximum Gasteiger partial charge on any atom is 0.354 e. The summed E-state index contributed by atoms with van der Waals surface area (Å²) in [7, 11) is 0. The van der Waals surface area contributed by atoms with Crippen LogP contribution in [0.2, 0.25) is 0 Å². The average molecular weight is 584 g/mol. The molecule has 0 saturated heterocycles. The highest BCUT2D eigenvalue weighted by Gasteiger charge is 2.26. The van der Waals surface area contributed by atoms with Crippen LogP contribution in [0, 0.1) is 45.6 Å². The SMILES string of the molecule is CC(C)(C#N)Cn1c(CC2CC=C(c3ncc(F)c(OCc4ccc(C#N)cc4F)n3)CC2)nc2ccc(C(=O)O)nc21. The Morgan fingerprint density at radius 1 is 1.16 bits per heavy atom. The van der Waals surface area contributed by atoms with Crippen LogP contribution in [-0.2, 0) is 19.6 Å². The summed E-state index contributed by atoms with van der Waals surface area (Å²) < 4.78 is 36.0. The molecule has 43 heavy (non-hydrogen) atoms. The molecule has 0 amide bonds. The number of nitriles is 2. The maximum atomic E-state index is 14.4. The van der Waals surface area contributed by atoms with Gasteiger partial charge >= 0.3 is 5.97 Å². The quantitative estimate of drug-likeness (QED) is 0.265. The van der Waals surface area contributed by atoms with E-state index < -0.39 is 23.0 Å². The maximum absolute atomic E-state index is 14.4. The fraction of sp³-hybridized carbons (Fsp3) is 0.323. The topological polar surface area (TPSA) is 151 Å². The van der Waals surface area contributed by atoms with E-state index in [9.17, 15) is 23.9 Å². The van der Waals surface area contributed by atoms with Gasteiger partial charge in [-0.1, -0.05) is 12.1 Å². The number of aromatic nitrogens is 5. The van der Waals surface area contributed by atoms with Crippen LogP contribution in [0.25, 0.3) is 16.7 Å². The third kappa shape index (κ3) is 6.49. The zero-order valence-corrected chi connectivity index (χ0v) is 23.5. The fourth-order valence-electron chi connectivity index (χ4n) is 4.94. The lowest BCUT2D eigenvalue weighted by Crippen LogP contribution is -2.21. The summed E-state index contributed by atoms with van der Waals surface area (Å²) in [6.07, 6.45) is 5.65. The first-order valence-electron chi connectivity index (χ1n) is 13.6. The summed E-state index contributed by atoms with van der Waals surface area (Å²) in [6.45, 7) is 3.65. The third-order valence-electron chi connectivity index (χ3n) is 7.28. The van der Waals surface area contributed by atoms with Gasteiger partial charge in [0.1, 0.15) is 23.8 Å². The van der Waals surface area contributed by atoms with Crippen LogP contribution in [0.15, 0.2) is 42.6 Å². The van der Waals surface area contributed by atoms with E-state index >= 15 is 0 Å². The molecule has 0 saturated carbocycles. The minimum absolute atomic E-state index is 0.0927. The molecule has 0 spiro atoms. The lowest BCUT2D eigenvalue weighted by atomic mass is 9.86. The number of fused-ring (bicyclic) bond motifs is 1. The van der Waals surface area contributed by atoms with Crippen molar-refractivity contribution in [3.63, 3.8) is 0 Å². The molecule has 3 aromatic heterocycles. The Hall–Kier alpha value is -5.23. The first-order valence-corrected chi connectivity index (χ1v) is 13.6. The minimum Gasteiger partial charge on any atom is -0.477 e. The predicted molar refractivity (Wildman–Crippen MR) is 150 cm³/mol. The van der Waals surface area contributed by atoms with Crippen molar-refractivity contribution in [2.45, 2.75) is 52.7 Å². The molecule has 3 heterocycles. The molecule has 1 aromatic carbocycles. The zero-order chi connectivity index (χ0) is 30.7. The third-order valence-corrected chi connectivity index (χ3v) is 7.28. The lowest BCUT2D eigenvalue weighted by Gasteiger charge is -2.23. The largest absolute Gasteiger partial charge is 0.477 e. The fourth-order valence-corrected chi connectivity index (χ4v) is 4.94. The minimum atomic E-state index is -1.14. The molecular formula is C31H27F2N7O3. The Morgan fingerprint density at radius 2 is 1.98 bits per heavy atom. The van der Waals surface area contributed by atoms with Crippen LogP contribution in [0.3, 0.4) is 0 Å². The highest BCUT2D eigenvalue weighted by Crippen LogP contribution is 2.33. The van der Waals surface area contributed by atoms with Gasteiger partial charge in [-0.05, 0) is 68.9 Å². The van der Waals surface area contributed by atoms with E-state index in [0.717, 1.165) is 30.1 Å². The number of pyridine rings is 1. The summed E-state index contributed by atoms with van der Waals surface area (Å²) in [6, 6.07) is 11.1. The van der Waals surface area contributed by atoms with Gasteiger partial charge < -0.3 is 14.4 Å². The summed E-state index contributed by atoms with van der Waals surface area (Å²) in [5.74, 6) is -1.59. The van der Waals surface area contributed by atoms with Gasteiger partial charge in [0.15, 0.2) is 17.2 Å². The van der Waals surface area contributed by atoms with Gasteiger partial charge in [-0.15, -0.1) is 0 Å². The van der Waals surface area contributed by atoms with Crippen molar-refractivity contribution in [3.05, 3.63) is 82.7 Å². The van der Waals surface area contributed by atoms with Crippen molar-refractivity contribution in [1.29, 1.82) is 10.5 Å². The highest BCUT2D eigenvalue weighted by molar-refractivity contribution is 5.88. The number of benzene rings is 1. The molecule has 5 rings (SSSR count). The Morgan fingerprint density at radius 3 is 2.65 bits per heavy atom. The van der Waals surface area contributed by atoms with Crippen molar-refractivity contribution in [2.75, 3.05) is 0 Å². The molecule has 1 aliphatic rings. The molecule has 10 nitrogen and oxygen atoms in total. The van der Waals surface area contributed by atoms with Crippen LogP contribution in [-0.4, -0.2) is 35.6 Å². The van der Waals surface area contributed by atoms with E-state index in [4.69, 9.17) is 15.0 Å². The van der Waals surface area contributed by atoms with Crippen molar-refractivity contribution >= 4 is 22.7 Å². The van der Waals surface area contributed by atoms with Gasteiger partial charge in [0.2, 0.25) is 5.82 Å². The normalized spacial score (nSPS) is 15.0. The molecule has 218 valence electrons. The van der Waals surface area contributed by atoms with Crippen LogP contribution in [0.5, 0.6) is 5.88 Å². The highest BCUT2D eigenvalue weighted by atomic mass is 19.1. The first kappa shape index (κ1) is 29.3. The number of carboxylic acid groups (broad SMARTS) is 1.